The molecule has 2 aromatic rings. The molecule has 1 heterocycles. The molecule has 0 atom stereocenters. The Kier molecular flexibility index (Phi) is 5.58. The van der Waals surface area contributed by atoms with Gasteiger partial charge in [0.2, 0.25) is 0 Å². The van der Waals surface area contributed by atoms with Crippen LogP contribution in [-0.2, 0) is 9.53 Å². The van der Waals surface area contributed by atoms with Gasteiger partial charge in [0.25, 0.3) is 0 Å². The number of hydrogen-bond donors (Lipinski definition) is 0. The average Bonchev–Trinajstić information content (AvgIpc) is 2.70. The number of para-hydroxylation sites is 2. The summed E-state index contributed by atoms with van der Waals surface area (Å²) in [7, 11) is 1.51. The van der Waals surface area contributed by atoms with E-state index in [0.29, 0.717) is 41.8 Å². The van der Waals surface area contributed by atoms with Crippen LogP contribution >= 0.6 is 0 Å². The first-order valence-corrected chi connectivity index (χ1v) is 8.01. The molecule has 1 aliphatic heterocycles. The van der Waals surface area contributed by atoms with Crippen LogP contribution in [0.15, 0.2) is 42.5 Å². The third-order valence-corrected chi connectivity index (χ3v) is 3.64. The number of benzene rings is 2. The van der Waals surface area contributed by atoms with Gasteiger partial charge >= 0.3 is 5.97 Å². The van der Waals surface area contributed by atoms with Crippen molar-refractivity contribution in [3.8, 4) is 23.0 Å². The number of carbonyl (C=O) groups is 2. The molecule has 0 unspecified atom stereocenters. The van der Waals surface area contributed by atoms with Crippen LogP contribution in [0, 0.1) is 0 Å². The highest BCUT2D eigenvalue weighted by atomic mass is 16.6. The van der Waals surface area contributed by atoms with Crippen LogP contribution in [0.25, 0.3) is 0 Å². The molecular weight excluding hydrogens is 340 g/mol. The van der Waals surface area contributed by atoms with Crippen LogP contribution in [0.1, 0.15) is 10.4 Å². The van der Waals surface area contributed by atoms with E-state index in [1.807, 2.05) is 0 Å². The molecule has 1 aliphatic rings. The number of ether oxygens (including phenoxy) is 5. The summed E-state index contributed by atoms with van der Waals surface area (Å²) in [4.78, 5) is 24.0. The molecule has 7 nitrogen and oxygen atoms in total. The second-order valence-electron chi connectivity index (χ2n) is 5.38. The van der Waals surface area contributed by atoms with Crippen molar-refractivity contribution in [3.63, 3.8) is 0 Å². The van der Waals surface area contributed by atoms with Crippen molar-refractivity contribution >= 4 is 11.8 Å². The summed E-state index contributed by atoms with van der Waals surface area (Å²) in [6.45, 7) is 0.201. The molecule has 0 fully saturated rings. The Hall–Kier alpha value is -3.22. The van der Waals surface area contributed by atoms with E-state index in [-0.39, 0.29) is 19.0 Å². The predicted octanol–water partition coefficient (Wildman–Crippen LogP) is 2.27. The lowest BCUT2D eigenvalue weighted by atomic mass is 10.1. The molecule has 26 heavy (non-hydrogen) atoms. The Morgan fingerprint density at radius 1 is 0.962 bits per heavy atom. The summed E-state index contributed by atoms with van der Waals surface area (Å²) in [6, 6.07) is 11.8. The largest absolute Gasteiger partial charge is 0.493 e. The van der Waals surface area contributed by atoms with Gasteiger partial charge in [-0.1, -0.05) is 12.1 Å². The first-order chi connectivity index (χ1) is 12.7. The van der Waals surface area contributed by atoms with Crippen LogP contribution in [0.4, 0.5) is 0 Å². The van der Waals surface area contributed by atoms with Crippen molar-refractivity contribution in [2.24, 2.45) is 0 Å². The van der Waals surface area contributed by atoms with Gasteiger partial charge in [-0.25, -0.2) is 4.79 Å². The molecular formula is C19H18O7. The standard InChI is InChI=1S/C19H18O7/c1-22-15-4-2-3-5-16(15)25-12-19(21)26-11-14(20)13-6-7-17-18(10-13)24-9-8-23-17/h2-7,10H,8-9,11-12H2,1H3. The Labute approximate surface area is 150 Å². The number of hydrogen-bond acceptors (Lipinski definition) is 7. The highest BCUT2D eigenvalue weighted by Gasteiger charge is 2.16. The van der Waals surface area contributed by atoms with Crippen molar-refractivity contribution in [3.05, 3.63) is 48.0 Å². The van der Waals surface area contributed by atoms with Gasteiger partial charge in [0.05, 0.1) is 7.11 Å². The van der Waals surface area contributed by atoms with Crippen molar-refractivity contribution in [2.45, 2.75) is 0 Å². The van der Waals surface area contributed by atoms with Crippen molar-refractivity contribution in [1.82, 2.24) is 0 Å². The van der Waals surface area contributed by atoms with Gasteiger partial charge in [-0.05, 0) is 30.3 Å². The number of Topliss-reactive ketones (excluding diaryl/α,β-unsaturated/α-hetero) is 1. The SMILES string of the molecule is COc1ccccc1OCC(=O)OCC(=O)c1ccc2c(c1)OCCO2. The highest BCUT2D eigenvalue weighted by molar-refractivity contribution is 5.98. The van der Waals surface area contributed by atoms with Crippen LogP contribution in [0.5, 0.6) is 23.0 Å². The number of carbonyl (C=O) groups excluding carboxylic acids is 2. The average molecular weight is 358 g/mol. The second kappa shape index (κ2) is 8.24. The first-order valence-electron chi connectivity index (χ1n) is 8.01. The van der Waals surface area contributed by atoms with E-state index in [1.165, 1.54) is 7.11 Å². The van der Waals surface area contributed by atoms with E-state index >= 15 is 0 Å². The van der Waals surface area contributed by atoms with Gasteiger partial charge < -0.3 is 23.7 Å². The van der Waals surface area contributed by atoms with Gasteiger partial charge in [0, 0.05) is 5.56 Å². The molecule has 0 spiro atoms. The maximum atomic E-state index is 12.2. The molecule has 0 N–H and O–H groups in total. The minimum Gasteiger partial charge on any atom is -0.493 e. The summed E-state index contributed by atoms with van der Waals surface area (Å²) in [5.41, 5.74) is 0.382. The lowest BCUT2D eigenvalue weighted by Crippen LogP contribution is -2.20. The normalized spacial score (nSPS) is 12.2. The minimum atomic E-state index is -0.651. The minimum absolute atomic E-state index is 0.325. The molecule has 2 aromatic carbocycles. The third kappa shape index (κ3) is 4.24. The Balaban J connectivity index is 1.50. The summed E-state index contributed by atoms with van der Waals surface area (Å²) in [5, 5.41) is 0. The third-order valence-electron chi connectivity index (χ3n) is 3.64. The van der Waals surface area contributed by atoms with Gasteiger partial charge in [-0.2, -0.15) is 0 Å². The summed E-state index contributed by atoms with van der Waals surface area (Å²) in [6.07, 6.45) is 0. The maximum Gasteiger partial charge on any atom is 0.344 e. The predicted molar refractivity (Wildman–Crippen MR) is 91.2 cm³/mol. The zero-order valence-electron chi connectivity index (χ0n) is 14.2. The molecule has 0 aromatic heterocycles. The fraction of sp³-hybridized carbons (Fsp3) is 0.263. The van der Waals surface area contributed by atoms with Crippen molar-refractivity contribution in [1.29, 1.82) is 0 Å². The van der Waals surface area contributed by atoms with Crippen LogP contribution in [0.3, 0.4) is 0 Å². The molecule has 0 saturated carbocycles. The lowest BCUT2D eigenvalue weighted by Gasteiger charge is -2.18. The molecule has 0 amide bonds. The van der Waals surface area contributed by atoms with Gasteiger partial charge in [-0.15, -0.1) is 0 Å². The topological polar surface area (TPSA) is 80.3 Å². The van der Waals surface area contributed by atoms with E-state index in [4.69, 9.17) is 23.7 Å². The number of ketones is 1. The van der Waals surface area contributed by atoms with Crippen LogP contribution in [0.2, 0.25) is 0 Å². The smallest absolute Gasteiger partial charge is 0.344 e. The molecule has 0 saturated heterocycles. The van der Waals surface area contributed by atoms with E-state index < -0.39 is 5.97 Å². The van der Waals surface area contributed by atoms with E-state index in [9.17, 15) is 9.59 Å². The molecule has 0 bridgehead atoms. The highest BCUT2D eigenvalue weighted by Crippen LogP contribution is 2.31. The van der Waals surface area contributed by atoms with E-state index in [2.05, 4.69) is 0 Å². The van der Waals surface area contributed by atoms with Crippen molar-refractivity contribution < 1.29 is 33.3 Å². The molecule has 136 valence electrons. The lowest BCUT2D eigenvalue weighted by molar-refractivity contribution is -0.144. The summed E-state index contributed by atoms with van der Waals surface area (Å²) < 4.78 is 26.3. The first kappa shape index (κ1) is 17.6. The Bertz CT molecular complexity index is 800. The monoisotopic (exact) mass is 358 g/mol. The van der Waals surface area contributed by atoms with Gasteiger partial charge in [-0.3, -0.25) is 4.79 Å². The zero-order chi connectivity index (χ0) is 18.4. The quantitative estimate of drug-likeness (QED) is 0.555. The second-order valence-corrected chi connectivity index (χ2v) is 5.38. The number of esters is 1. The van der Waals surface area contributed by atoms with E-state index in [1.54, 1.807) is 42.5 Å². The molecule has 7 heteroatoms. The van der Waals surface area contributed by atoms with Crippen LogP contribution < -0.4 is 18.9 Å². The molecule has 3 rings (SSSR count). The molecule has 0 radical (unpaired) electrons. The number of methoxy groups -OCH3 is 1. The zero-order valence-corrected chi connectivity index (χ0v) is 14.2. The van der Waals surface area contributed by atoms with Crippen LogP contribution in [-0.4, -0.2) is 45.3 Å². The Morgan fingerprint density at radius 2 is 1.69 bits per heavy atom. The fourth-order valence-corrected chi connectivity index (χ4v) is 2.36. The summed E-state index contributed by atoms with van der Waals surface area (Å²) in [5.74, 6) is 1.04. The number of fused-ring (bicyclic) bond motifs is 1. The number of rotatable bonds is 7. The van der Waals surface area contributed by atoms with Crippen molar-refractivity contribution in [2.75, 3.05) is 33.5 Å². The molecule has 0 aliphatic carbocycles. The van der Waals surface area contributed by atoms with E-state index in [0.717, 1.165) is 0 Å². The maximum absolute atomic E-state index is 12.2. The van der Waals surface area contributed by atoms with Gasteiger partial charge in [0.1, 0.15) is 13.2 Å². The Morgan fingerprint density at radius 3 is 2.46 bits per heavy atom. The fourth-order valence-electron chi connectivity index (χ4n) is 2.36. The summed E-state index contributed by atoms with van der Waals surface area (Å²) >= 11 is 0. The van der Waals surface area contributed by atoms with Gasteiger partial charge in [0.15, 0.2) is 42.0 Å².